The predicted molar refractivity (Wildman–Crippen MR) is 47.7 cm³/mol. The Morgan fingerprint density at radius 3 is 2.58 bits per heavy atom. The van der Waals surface area contributed by atoms with Crippen molar-refractivity contribution in [1.82, 2.24) is 0 Å². The van der Waals surface area contributed by atoms with Crippen LogP contribution in [-0.2, 0) is 9.47 Å². The lowest BCUT2D eigenvalue weighted by Gasteiger charge is -2.21. The van der Waals surface area contributed by atoms with E-state index in [0.717, 1.165) is 6.42 Å². The molecule has 0 spiro atoms. The third-order valence-electron chi connectivity index (χ3n) is 2.38. The first-order valence-corrected chi connectivity index (χ1v) is 4.61. The van der Waals surface area contributed by atoms with Crippen LogP contribution in [0.2, 0.25) is 0 Å². The van der Waals surface area contributed by atoms with Crippen LogP contribution in [0.3, 0.4) is 0 Å². The highest BCUT2D eigenvalue weighted by Gasteiger charge is 2.35. The lowest BCUT2D eigenvalue weighted by molar-refractivity contribution is -0.144. The zero-order chi connectivity index (χ0) is 9.19. The molecule has 12 heavy (non-hydrogen) atoms. The van der Waals surface area contributed by atoms with Gasteiger partial charge in [0.05, 0.1) is 12.7 Å². The molecule has 0 aromatic heterocycles. The minimum absolute atomic E-state index is 0.190. The molecule has 0 bridgehead atoms. The van der Waals surface area contributed by atoms with E-state index in [1.54, 1.807) is 0 Å². The SMILES string of the molecule is CC[C@@H](CN)[C@H]1COC(C)(C)O1. The van der Waals surface area contributed by atoms with Gasteiger partial charge in [0, 0.05) is 0 Å². The van der Waals surface area contributed by atoms with Crippen molar-refractivity contribution in [3.63, 3.8) is 0 Å². The van der Waals surface area contributed by atoms with E-state index < -0.39 is 5.79 Å². The largest absolute Gasteiger partial charge is 0.348 e. The second kappa shape index (κ2) is 3.73. The summed E-state index contributed by atoms with van der Waals surface area (Å²) < 4.78 is 11.2. The van der Waals surface area contributed by atoms with E-state index in [0.29, 0.717) is 19.1 Å². The van der Waals surface area contributed by atoms with E-state index >= 15 is 0 Å². The molecular formula is C9H19NO2. The highest BCUT2D eigenvalue weighted by atomic mass is 16.7. The van der Waals surface area contributed by atoms with Crippen LogP contribution in [0.4, 0.5) is 0 Å². The van der Waals surface area contributed by atoms with Gasteiger partial charge in [-0.3, -0.25) is 0 Å². The number of ether oxygens (including phenoxy) is 2. The van der Waals surface area contributed by atoms with Crippen LogP contribution in [0.25, 0.3) is 0 Å². The Morgan fingerprint density at radius 1 is 1.58 bits per heavy atom. The lowest BCUT2D eigenvalue weighted by atomic mass is 10.0. The zero-order valence-electron chi connectivity index (χ0n) is 8.17. The number of hydrogen-bond donors (Lipinski definition) is 1. The van der Waals surface area contributed by atoms with E-state index in [9.17, 15) is 0 Å². The van der Waals surface area contributed by atoms with Crippen molar-refractivity contribution in [1.29, 1.82) is 0 Å². The molecule has 0 unspecified atom stereocenters. The third-order valence-corrected chi connectivity index (χ3v) is 2.38. The maximum Gasteiger partial charge on any atom is 0.163 e. The first-order valence-electron chi connectivity index (χ1n) is 4.61. The summed E-state index contributed by atoms with van der Waals surface area (Å²) in [5.74, 6) is 0.0274. The molecule has 0 aliphatic carbocycles. The van der Waals surface area contributed by atoms with Crippen molar-refractivity contribution in [3.05, 3.63) is 0 Å². The van der Waals surface area contributed by atoms with Gasteiger partial charge in [-0.1, -0.05) is 6.92 Å². The van der Waals surface area contributed by atoms with E-state index in [4.69, 9.17) is 15.2 Å². The van der Waals surface area contributed by atoms with Crippen molar-refractivity contribution in [2.24, 2.45) is 11.7 Å². The molecule has 0 aromatic carbocycles. The third kappa shape index (κ3) is 2.19. The van der Waals surface area contributed by atoms with E-state index in [2.05, 4.69) is 6.92 Å². The Hall–Kier alpha value is -0.120. The molecule has 1 aliphatic rings. The van der Waals surface area contributed by atoms with Gasteiger partial charge in [-0.25, -0.2) is 0 Å². The van der Waals surface area contributed by atoms with Crippen molar-refractivity contribution >= 4 is 0 Å². The van der Waals surface area contributed by atoms with Gasteiger partial charge in [0.25, 0.3) is 0 Å². The summed E-state index contributed by atoms with van der Waals surface area (Å²) in [5, 5.41) is 0. The van der Waals surface area contributed by atoms with Crippen LogP contribution < -0.4 is 5.73 Å². The molecule has 1 heterocycles. The maximum atomic E-state index is 5.69. The summed E-state index contributed by atoms with van der Waals surface area (Å²) in [6.45, 7) is 7.38. The summed E-state index contributed by atoms with van der Waals surface area (Å²) in [6.07, 6.45) is 1.25. The van der Waals surface area contributed by atoms with Crippen LogP contribution in [0.5, 0.6) is 0 Å². The van der Waals surface area contributed by atoms with Gasteiger partial charge in [0.2, 0.25) is 0 Å². The summed E-state index contributed by atoms with van der Waals surface area (Å²) >= 11 is 0. The number of hydrogen-bond acceptors (Lipinski definition) is 3. The van der Waals surface area contributed by atoms with Gasteiger partial charge in [0.15, 0.2) is 5.79 Å². The average molecular weight is 173 g/mol. The fourth-order valence-corrected chi connectivity index (χ4v) is 1.53. The summed E-state index contributed by atoms with van der Waals surface area (Å²) in [5.41, 5.74) is 5.62. The van der Waals surface area contributed by atoms with Crippen LogP contribution in [0, 0.1) is 5.92 Å². The minimum Gasteiger partial charge on any atom is -0.348 e. The van der Waals surface area contributed by atoms with Crippen LogP contribution in [0.15, 0.2) is 0 Å². The Morgan fingerprint density at radius 2 is 2.25 bits per heavy atom. The molecular weight excluding hydrogens is 154 g/mol. The Labute approximate surface area is 74.2 Å². The predicted octanol–water partition coefficient (Wildman–Crippen LogP) is 1.12. The highest BCUT2D eigenvalue weighted by molar-refractivity contribution is 4.77. The Balaban J connectivity index is 2.45. The number of rotatable bonds is 3. The summed E-state index contributed by atoms with van der Waals surface area (Å²) in [4.78, 5) is 0. The quantitative estimate of drug-likeness (QED) is 0.695. The van der Waals surface area contributed by atoms with Gasteiger partial charge in [-0.05, 0) is 32.7 Å². The van der Waals surface area contributed by atoms with Gasteiger partial charge < -0.3 is 15.2 Å². The summed E-state index contributed by atoms with van der Waals surface area (Å²) in [6, 6.07) is 0. The van der Waals surface area contributed by atoms with Gasteiger partial charge in [-0.15, -0.1) is 0 Å². The van der Waals surface area contributed by atoms with E-state index in [1.165, 1.54) is 0 Å². The molecule has 0 amide bonds. The van der Waals surface area contributed by atoms with Crippen molar-refractivity contribution < 1.29 is 9.47 Å². The van der Waals surface area contributed by atoms with Gasteiger partial charge in [-0.2, -0.15) is 0 Å². The molecule has 1 rings (SSSR count). The molecule has 2 atom stereocenters. The topological polar surface area (TPSA) is 44.5 Å². The molecule has 0 saturated carbocycles. The molecule has 1 aliphatic heterocycles. The highest BCUT2D eigenvalue weighted by Crippen LogP contribution is 2.27. The fourth-order valence-electron chi connectivity index (χ4n) is 1.53. The smallest absolute Gasteiger partial charge is 0.163 e. The standard InChI is InChI=1S/C9H19NO2/c1-4-7(5-10)8-6-11-9(2,3)12-8/h7-8H,4-6,10H2,1-3H3/t7-,8+/m0/s1. The van der Waals surface area contributed by atoms with Crippen molar-refractivity contribution in [2.45, 2.75) is 39.1 Å². The first-order chi connectivity index (χ1) is 5.59. The van der Waals surface area contributed by atoms with Gasteiger partial charge >= 0.3 is 0 Å². The normalized spacial score (nSPS) is 30.5. The fraction of sp³-hybridized carbons (Fsp3) is 1.00. The monoisotopic (exact) mass is 173 g/mol. The average Bonchev–Trinajstić information content (AvgIpc) is 2.34. The van der Waals surface area contributed by atoms with Gasteiger partial charge in [0.1, 0.15) is 0 Å². The van der Waals surface area contributed by atoms with Crippen LogP contribution >= 0.6 is 0 Å². The molecule has 3 heteroatoms. The lowest BCUT2D eigenvalue weighted by Crippen LogP contribution is -2.31. The number of nitrogens with two attached hydrogens (primary N) is 1. The first kappa shape index (κ1) is 9.96. The Bertz CT molecular complexity index is 143. The molecule has 1 saturated heterocycles. The molecule has 0 radical (unpaired) electrons. The van der Waals surface area contributed by atoms with Crippen LogP contribution in [-0.4, -0.2) is 25.0 Å². The van der Waals surface area contributed by atoms with Crippen molar-refractivity contribution in [2.75, 3.05) is 13.2 Å². The second-order valence-electron chi connectivity index (χ2n) is 3.77. The molecule has 72 valence electrons. The molecule has 2 N–H and O–H groups in total. The van der Waals surface area contributed by atoms with Crippen LogP contribution in [0.1, 0.15) is 27.2 Å². The Kier molecular flexibility index (Phi) is 3.09. The summed E-state index contributed by atoms with van der Waals surface area (Å²) in [7, 11) is 0. The second-order valence-corrected chi connectivity index (χ2v) is 3.77. The zero-order valence-corrected chi connectivity index (χ0v) is 8.17. The molecule has 0 aromatic rings. The van der Waals surface area contributed by atoms with E-state index in [1.807, 2.05) is 13.8 Å². The molecule has 3 nitrogen and oxygen atoms in total. The van der Waals surface area contributed by atoms with Crippen molar-refractivity contribution in [3.8, 4) is 0 Å². The molecule has 1 fully saturated rings. The van der Waals surface area contributed by atoms with E-state index in [-0.39, 0.29) is 6.10 Å². The minimum atomic E-state index is -0.409. The maximum absolute atomic E-state index is 5.69.